The molecule has 1 unspecified atom stereocenters. The topological polar surface area (TPSA) is 65.8 Å². The Balaban J connectivity index is 1.27. The Morgan fingerprint density at radius 1 is 1.10 bits per heavy atom. The normalized spacial score (nSPS) is 16.8. The van der Waals surface area contributed by atoms with Crippen molar-refractivity contribution in [3.63, 3.8) is 0 Å². The maximum atomic E-state index is 12.6. The number of nitrogens with zero attached hydrogens (tertiary/aromatic N) is 5. The summed E-state index contributed by atoms with van der Waals surface area (Å²) in [5.41, 5.74) is 2.10. The monoisotopic (exact) mass is 406 g/mol. The molecular weight excluding hydrogens is 376 g/mol. The molecule has 4 rings (SSSR count). The molecule has 3 aromatic rings. The molecule has 158 valence electrons. The number of hydrogen-bond donors (Lipinski definition) is 1. The van der Waals surface area contributed by atoms with Crippen LogP contribution in [0.4, 0.5) is 0 Å². The van der Waals surface area contributed by atoms with Gasteiger partial charge in [-0.1, -0.05) is 36.4 Å². The number of likely N-dealkylation sites (N-methyl/N-ethyl adjacent to an activating group) is 1. The number of benzene rings is 1. The molecule has 1 N–H and O–H groups in total. The highest BCUT2D eigenvalue weighted by Crippen LogP contribution is 2.27. The molecule has 0 radical (unpaired) electrons. The molecule has 0 aliphatic carbocycles. The molecule has 3 heterocycles. The second-order valence-corrected chi connectivity index (χ2v) is 8.23. The fourth-order valence-corrected chi connectivity index (χ4v) is 4.23. The minimum absolute atomic E-state index is 0.0872. The van der Waals surface area contributed by atoms with Crippen LogP contribution in [0.25, 0.3) is 5.65 Å². The number of nitrogens with one attached hydrogen (secondary N) is 1. The fourth-order valence-electron chi connectivity index (χ4n) is 4.23. The molecule has 0 saturated carbocycles. The Labute approximate surface area is 177 Å². The Bertz CT molecular complexity index is 962. The molecule has 1 amide bonds. The Morgan fingerprint density at radius 3 is 2.57 bits per heavy atom. The Kier molecular flexibility index (Phi) is 6.40. The number of hydrogen-bond acceptors (Lipinski definition) is 5. The third-order valence-electron chi connectivity index (χ3n) is 5.96. The van der Waals surface area contributed by atoms with Gasteiger partial charge >= 0.3 is 0 Å². The highest BCUT2D eigenvalue weighted by Gasteiger charge is 2.25. The van der Waals surface area contributed by atoms with E-state index in [0.29, 0.717) is 19.0 Å². The van der Waals surface area contributed by atoms with Crippen molar-refractivity contribution in [3.05, 3.63) is 66.1 Å². The van der Waals surface area contributed by atoms with E-state index in [1.54, 1.807) is 0 Å². The molecule has 1 aliphatic heterocycles. The molecule has 30 heavy (non-hydrogen) atoms. The first kappa shape index (κ1) is 20.5. The van der Waals surface area contributed by atoms with Crippen LogP contribution in [0.15, 0.2) is 54.7 Å². The number of piperidine rings is 1. The summed E-state index contributed by atoms with van der Waals surface area (Å²) in [5, 5.41) is 11.8. The van der Waals surface area contributed by atoms with Crippen LogP contribution in [0.3, 0.4) is 0 Å². The van der Waals surface area contributed by atoms with Crippen LogP contribution in [-0.2, 0) is 4.79 Å². The van der Waals surface area contributed by atoms with Crippen molar-refractivity contribution >= 4 is 11.6 Å². The number of rotatable bonds is 7. The minimum Gasteiger partial charge on any atom is -0.353 e. The number of amides is 1. The molecule has 1 saturated heterocycles. The van der Waals surface area contributed by atoms with Crippen LogP contribution in [0.1, 0.15) is 36.2 Å². The predicted molar refractivity (Wildman–Crippen MR) is 117 cm³/mol. The quantitative estimate of drug-likeness (QED) is 0.652. The summed E-state index contributed by atoms with van der Waals surface area (Å²) in [6, 6.07) is 16.4. The molecule has 0 bridgehead atoms. The highest BCUT2D eigenvalue weighted by molar-refractivity contribution is 5.78. The standard InChI is InChI=1S/C23H30N6O/c1-27(2)20(18-8-4-3-5-9-18)16-24-22(30)17-28-14-11-19(12-15-28)23-26-25-21-10-6-7-13-29(21)23/h3-10,13,19-20H,11-12,14-17H2,1-2H3,(H,24,30). The van der Waals surface area contributed by atoms with Crippen LogP contribution in [0.5, 0.6) is 0 Å². The maximum Gasteiger partial charge on any atom is 0.234 e. The van der Waals surface area contributed by atoms with Gasteiger partial charge < -0.3 is 10.2 Å². The summed E-state index contributed by atoms with van der Waals surface area (Å²) >= 11 is 0. The first-order valence-electron chi connectivity index (χ1n) is 10.6. The van der Waals surface area contributed by atoms with Crippen molar-refractivity contribution in [2.45, 2.75) is 24.8 Å². The average molecular weight is 407 g/mol. The van der Waals surface area contributed by atoms with Gasteiger partial charge in [0.15, 0.2) is 5.65 Å². The number of likely N-dealkylation sites (tertiary alicyclic amines) is 1. The minimum atomic E-state index is 0.0872. The van der Waals surface area contributed by atoms with Gasteiger partial charge in [-0.2, -0.15) is 0 Å². The lowest BCUT2D eigenvalue weighted by Gasteiger charge is -2.31. The summed E-state index contributed by atoms with van der Waals surface area (Å²) in [4.78, 5) is 16.9. The van der Waals surface area contributed by atoms with E-state index in [0.717, 1.165) is 37.4 Å². The average Bonchev–Trinajstić information content (AvgIpc) is 3.19. The number of carbonyl (C=O) groups excluding carboxylic acids is 1. The van der Waals surface area contributed by atoms with E-state index in [1.165, 1.54) is 5.56 Å². The van der Waals surface area contributed by atoms with Crippen molar-refractivity contribution in [3.8, 4) is 0 Å². The van der Waals surface area contributed by atoms with Gasteiger partial charge in [-0.15, -0.1) is 10.2 Å². The van der Waals surface area contributed by atoms with E-state index in [1.807, 2.05) is 56.7 Å². The molecule has 7 heteroatoms. The van der Waals surface area contributed by atoms with Crippen LogP contribution >= 0.6 is 0 Å². The maximum absolute atomic E-state index is 12.6. The largest absolute Gasteiger partial charge is 0.353 e. The third-order valence-corrected chi connectivity index (χ3v) is 5.96. The molecule has 1 aromatic carbocycles. The van der Waals surface area contributed by atoms with Crippen molar-refractivity contribution in [2.75, 3.05) is 40.3 Å². The van der Waals surface area contributed by atoms with E-state index in [2.05, 4.69) is 41.8 Å². The second kappa shape index (κ2) is 9.36. The number of carbonyl (C=O) groups is 1. The molecular formula is C23H30N6O. The van der Waals surface area contributed by atoms with E-state index in [9.17, 15) is 4.79 Å². The van der Waals surface area contributed by atoms with Gasteiger partial charge in [0.05, 0.1) is 12.6 Å². The van der Waals surface area contributed by atoms with E-state index in [4.69, 9.17) is 0 Å². The van der Waals surface area contributed by atoms with Gasteiger partial charge in [-0.05, 0) is 57.7 Å². The molecule has 7 nitrogen and oxygen atoms in total. The van der Waals surface area contributed by atoms with E-state index < -0.39 is 0 Å². The van der Waals surface area contributed by atoms with Crippen molar-refractivity contribution in [2.24, 2.45) is 0 Å². The zero-order valence-electron chi connectivity index (χ0n) is 17.7. The second-order valence-electron chi connectivity index (χ2n) is 8.23. The lowest BCUT2D eigenvalue weighted by molar-refractivity contribution is -0.122. The zero-order valence-corrected chi connectivity index (χ0v) is 17.7. The lowest BCUT2D eigenvalue weighted by atomic mass is 9.96. The van der Waals surface area contributed by atoms with E-state index >= 15 is 0 Å². The Hall–Kier alpha value is -2.77. The number of fused-ring (bicyclic) bond motifs is 1. The lowest BCUT2D eigenvalue weighted by Crippen LogP contribution is -2.43. The zero-order chi connectivity index (χ0) is 20.9. The fraction of sp³-hybridized carbons (Fsp3) is 0.435. The summed E-state index contributed by atoms with van der Waals surface area (Å²) < 4.78 is 2.08. The van der Waals surface area contributed by atoms with Gasteiger partial charge in [0, 0.05) is 18.7 Å². The predicted octanol–water partition coefficient (Wildman–Crippen LogP) is 2.33. The molecule has 0 spiro atoms. The molecule has 2 aromatic heterocycles. The molecule has 1 atom stereocenters. The molecule has 1 aliphatic rings. The summed E-state index contributed by atoms with van der Waals surface area (Å²) in [7, 11) is 4.09. The van der Waals surface area contributed by atoms with E-state index in [-0.39, 0.29) is 11.9 Å². The summed E-state index contributed by atoms with van der Waals surface area (Å²) in [6.07, 6.45) is 4.01. The Morgan fingerprint density at radius 2 is 1.83 bits per heavy atom. The SMILES string of the molecule is CN(C)C(CNC(=O)CN1CCC(c2nnc3ccccn23)CC1)c1ccccc1. The van der Waals surface area contributed by atoms with Crippen LogP contribution in [0, 0.1) is 0 Å². The van der Waals surface area contributed by atoms with Gasteiger partial charge in [0.2, 0.25) is 5.91 Å². The van der Waals surface area contributed by atoms with Crippen molar-refractivity contribution < 1.29 is 4.79 Å². The van der Waals surface area contributed by atoms with Crippen molar-refractivity contribution in [1.82, 2.24) is 29.7 Å². The van der Waals surface area contributed by atoms with Gasteiger partial charge in [0.25, 0.3) is 0 Å². The van der Waals surface area contributed by atoms with Crippen LogP contribution < -0.4 is 5.32 Å². The summed E-state index contributed by atoms with van der Waals surface area (Å²) in [5.74, 6) is 1.51. The number of aromatic nitrogens is 3. The highest BCUT2D eigenvalue weighted by atomic mass is 16.2. The summed E-state index contributed by atoms with van der Waals surface area (Å²) in [6.45, 7) is 2.85. The smallest absolute Gasteiger partial charge is 0.234 e. The first-order valence-corrected chi connectivity index (χ1v) is 10.6. The first-order chi connectivity index (χ1) is 14.6. The van der Waals surface area contributed by atoms with Crippen LogP contribution in [0.2, 0.25) is 0 Å². The van der Waals surface area contributed by atoms with Gasteiger partial charge in [-0.3, -0.25) is 14.1 Å². The van der Waals surface area contributed by atoms with Gasteiger partial charge in [0.1, 0.15) is 5.82 Å². The van der Waals surface area contributed by atoms with Crippen LogP contribution in [-0.4, -0.2) is 70.6 Å². The van der Waals surface area contributed by atoms with Crippen molar-refractivity contribution in [1.29, 1.82) is 0 Å². The van der Waals surface area contributed by atoms with Gasteiger partial charge in [-0.25, -0.2) is 0 Å². The molecule has 1 fully saturated rings. The third kappa shape index (κ3) is 4.68. The number of pyridine rings is 1.